The van der Waals surface area contributed by atoms with Crippen molar-refractivity contribution in [3.05, 3.63) is 56.7 Å². The van der Waals surface area contributed by atoms with E-state index < -0.39 is 0 Å². The van der Waals surface area contributed by atoms with Crippen molar-refractivity contribution in [3.8, 4) is 0 Å². The van der Waals surface area contributed by atoms with Crippen LogP contribution >= 0.6 is 27.3 Å². The van der Waals surface area contributed by atoms with Crippen LogP contribution in [0.25, 0.3) is 0 Å². The molecule has 1 heterocycles. The Morgan fingerprint density at radius 3 is 2.57 bits per heavy atom. The van der Waals surface area contributed by atoms with Gasteiger partial charge in [-0.2, -0.15) is 0 Å². The van der Waals surface area contributed by atoms with Gasteiger partial charge in [-0.05, 0) is 51.5 Å². The fraction of sp³-hybridized carbons (Fsp3) is 0.389. The molecule has 0 aliphatic carbocycles. The number of carbonyl (C=O) groups is 1. The van der Waals surface area contributed by atoms with Crippen molar-refractivity contribution in [1.29, 1.82) is 0 Å². The summed E-state index contributed by atoms with van der Waals surface area (Å²) in [6.07, 6.45) is 0. The first kappa shape index (κ1) is 18.2. The van der Waals surface area contributed by atoms with Crippen LogP contribution in [0.15, 0.2) is 45.6 Å². The predicted molar refractivity (Wildman–Crippen MR) is 101 cm³/mol. The molecule has 0 aliphatic heterocycles. The number of hydrogen-bond acceptors (Lipinski definition) is 3. The molecule has 5 heteroatoms. The Balaban J connectivity index is 1.91. The molecule has 1 N–H and O–H groups in total. The van der Waals surface area contributed by atoms with E-state index in [0.717, 1.165) is 15.9 Å². The molecule has 1 aromatic heterocycles. The molecule has 23 heavy (non-hydrogen) atoms. The maximum absolute atomic E-state index is 12.4. The van der Waals surface area contributed by atoms with E-state index in [1.54, 1.807) is 11.3 Å². The number of nitrogens with zero attached hydrogens (tertiary/aromatic N) is 1. The minimum absolute atomic E-state index is 0.0485. The number of rotatable bonds is 7. The van der Waals surface area contributed by atoms with E-state index >= 15 is 0 Å². The van der Waals surface area contributed by atoms with Gasteiger partial charge in [0.15, 0.2) is 0 Å². The quantitative estimate of drug-likeness (QED) is 0.751. The zero-order chi connectivity index (χ0) is 16.8. The zero-order valence-corrected chi connectivity index (χ0v) is 16.2. The fourth-order valence-corrected chi connectivity index (χ4v) is 3.76. The molecule has 0 saturated carbocycles. The molecule has 1 amide bonds. The van der Waals surface area contributed by atoms with Crippen LogP contribution < -0.4 is 5.32 Å². The van der Waals surface area contributed by atoms with Crippen LogP contribution in [0, 0.1) is 5.92 Å². The monoisotopic (exact) mass is 394 g/mol. The molecular weight excluding hydrogens is 372 g/mol. The largest absolute Gasteiger partial charge is 0.348 e. The van der Waals surface area contributed by atoms with Gasteiger partial charge in [0.25, 0.3) is 0 Å². The lowest BCUT2D eigenvalue weighted by molar-refractivity contribution is -0.123. The molecule has 3 nitrogen and oxygen atoms in total. The Bertz CT molecular complexity index is 627. The second-order valence-corrected chi connectivity index (χ2v) is 8.42. The van der Waals surface area contributed by atoms with E-state index in [1.807, 2.05) is 30.1 Å². The third-order valence-electron chi connectivity index (χ3n) is 3.63. The van der Waals surface area contributed by atoms with Crippen molar-refractivity contribution in [2.45, 2.75) is 26.4 Å². The van der Waals surface area contributed by atoms with E-state index in [0.29, 0.717) is 12.5 Å². The summed E-state index contributed by atoms with van der Waals surface area (Å²) in [7, 11) is 1.97. The van der Waals surface area contributed by atoms with Crippen molar-refractivity contribution in [2.24, 2.45) is 5.92 Å². The average molecular weight is 395 g/mol. The summed E-state index contributed by atoms with van der Waals surface area (Å²) in [5.74, 6) is 0.406. The van der Waals surface area contributed by atoms with Gasteiger partial charge in [0.1, 0.15) is 0 Å². The van der Waals surface area contributed by atoms with Crippen molar-refractivity contribution in [2.75, 3.05) is 13.6 Å². The summed E-state index contributed by atoms with van der Waals surface area (Å²) in [5.41, 5.74) is 2.38. The van der Waals surface area contributed by atoms with Crippen LogP contribution in [-0.2, 0) is 11.3 Å². The van der Waals surface area contributed by atoms with E-state index in [9.17, 15) is 4.79 Å². The van der Waals surface area contributed by atoms with Crippen molar-refractivity contribution >= 4 is 33.2 Å². The van der Waals surface area contributed by atoms with Crippen molar-refractivity contribution in [3.63, 3.8) is 0 Å². The van der Waals surface area contributed by atoms with Crippen molar-refractivity contribution < 1.29 is 4.79 Å². The molecule has 2 rings (SSSR count). The van der Waals surface area contributed by atoms with Crippen LogP contribution in [0.2, 0.25) is 0 Å². The van der Waals surface area contributed by atoms with Gasteiger partial charge in [0.2, 0.25) is 5.91 Å². The second kappa shape index (κ2) is 8.62. The third-order valence-corrected chi connectivity index (χ3v) is 5.18. The first-order valence-corrected chi connectivity index (χ1v) is 9.38. The van der Waals surface area contributed by atoms with Gasteiger partial charge >= 0.3 is 0 Å². The van der Waals surface area contributed by atoms with Gasteiger partial charge in [-0.25, -0.2) is 0 Å². The van der Waals surface area contributed by atoms with Gasteiger partial charge in [0, 0.05) is 6.54 Å². The Morgan fingerprint density at radius 2 is 2.00 bits per heavy atom. The molecule has 0 fully saturated rings. The molecule has 0 aliphatic rings. The third kappa shape index (κ3) is 5.75. The van der Waals surface area contributed by atoms with Gasteiger partial charge in [-0.15, -0.1) is 11.3 Å². The van der Waals surface area contributed by atoms with E-state index in [-0.39, 0.29) is 11.9 Å². The molecule has 0 radical (unpaired) electrons. The van der Waals surface area contributed by atoms with E-state index in [1.165, 1.54) is 5.56 Å². The summed E-state index contributed by atoms with van der Waals surface area (Å²) in [6.45, 7) is 5.42. The van der Waals surface area contributed by atoms with Gasteiger partial charge in [-0.1, -0.05) is 44.2 Å². The molecule has 2 aromatic rings. The predicted octanol–water partition coefficient (Wildman–Crippen LogP) is 4.46. The lowest BCUT2D eigenvalue weighted by Gasteiger charge is -2.24. The molecule has 1 aromatic carbocycles. The van der Waals surface area contributed by atoms with Crippen LogP contribution in [0.3, 0.4) is 0 Å². The number of carbonyl (C=O) groups excluding carboxylic acids is 1. The normalized spacial score (nSPS) is 12.6. The molecule has 0 saturated heterocycles. The van der Waals surface area contributed by atoms with E-state index in [4.69, 9.17) is 0 Å². The van der Waals surface area contributed by atoms with Crippen LogP contribution in [-0.4, -0.2) is 24.4 Å². The SMILES string of the molecule is CC(C)C(NC(=O)CN(C)Cc1csc(Br)c1)c1ccccc1. The van der Waals surface area contributed by atoms with Gasteiger partial charge in [-0.3, -0.25) is 9.69 Å². The summed E-state index contributed by atoms with van der Waals surface area (Å²) in [5, 5.41) is 5.28. The number of nitrogens with one attached hydrogen (secondary N) is 1. The highest BCUT2D eigenvalue weighted by Crippen LogP contribution is 2.22. The topological polar surface area (TPSA) is 32.3 Å². The van der Waals surface area contributed by atoms with Crippen LogP contribution in [0.4, 0.5) is 0 Å². The highest BCUT2D eigenvalue weighted by molar-refractivity contribution is 9.11. The molecule has 0 spiro atoms. The minimum Gasteiger partial charge on any atom is -0.348 e. The average Bonchev–Trinajstić information content (AvgIpc) is 2.90. The number of likely N-dealkylation sites (N-methyl/N-ethyl adjacent to an activating group) is 1. The summed E-state index contributed by atoms with van der Waals surface area (Å²) < 4.78 is 1.12. The Kier molecular flexibility index (Phi) is 6.81. The molecule has 124 valence electrons. The summed E-state index contributed by atoms with van der Waals surface area (Å²) >= 11 is 5.13. The first-order valence-electron chi connectivity index (χ1n) is 7.71. The minimum atomic E-state index is 0.0485. The Labute approximate surface area is 150 Å². The lowest BCUT2D eigenvalue weighted by atomic mass is 9.96. The Morgan fingerprint density at radius 1 is 1.30 bits per heavy atom. The highest BCUT2D eigenvalue weighted by Gasteiger charge is 2.18. The molecule has 0 bridgehead atoms. The number of amides is 1. The van der Waals surface area contributed by atoms with Gasteiger partial charge in [0.05, 0.1) is 16.4 Å². The first-order chi connectivity index (χ1) is 11.0. The second-order valence-electron chi connectivity index (χ2n) is 6.13. The van der Waals surface area contributed by atoms with Gasteiger partial charge < -0.3 is 5.32 Å². The highest BCUT2D eigenvalue weighted by atomic mass is 79.9. The van der Waals surface area contributed by atoms with Crippen LogP contribution in [0.5, 0.6) is 0 Å². The van der Waals surface area contributed by atoms with E-state index in [2.05, 4.69) is 58.7 Å². The van der Waals surface area contributed by atoms with Crippen molar-refractivity contribution in [1.82, 2.24) is 10.2 Å². The standard InChI is InChI=1S/C18H23BrN2OS/c1-13(2)18(15-7-5-4-6-8-15)20-17(22)11-21(3)10-14-9-16(19)23-12-14/h4-9,12-13,18H,10-11H2,1-3H3,(H,20,22). The zero-order valence-electron chi connectivity index (χ0n) is 13.8. The van der Waals surface area contributed by atoms with Crippen LogP contribution in [0.1, 0.15) is 31.0 Å². The number of thiophene rings is 1. The lowest BCUT2D eigenvalue weighted by Crippen LogP contribution is -2.38. The molecular formula is C18H23BrN2OS. The maximum atomic E-state index is 12.4. The summed E-state index contributed by atoms with van der Waals surface area (Å²) in [4.78, 5) is 14.4. The fourth-order valence-electron chi connectivity index (χ4n) is 2.56. The number of hydrogen-bond donors (Lipinski definition) is 1. The maximum Gasteiger partial charge on any atom is 0.234 e. The smallest absolute Gasteiger partial charge is 0.234 e. The number of halogens is 1. The summed E-state index contributed by atoms with van der Waals surface area (Å²) in [6, 6.07) is 12.3. The number of benzene rings is 1. The molecule has 1 unspecified atom stereocenters. The Hall–Kier alpha value is -1.17. The molecule has 1 atom stereocenters.